The SMILES string of the molecule is CCC[C@H](N)C(=O)N[C@@H](CNC(=O)[C@@H]1O[C@H]1C(=O)OCC)C(=O)O. The number of nitrogens with one attached hydrogen (secondary N) is 2. The van der Waals surface area contributed by atoms with Gasteiger partial charge in [-0.25, -0.2) is 9.59 Å². The molecule has 0 aromatic heterocycles. The van der Waals surface area contributed by atoms with Crippen LogP contribution >= 0.6 is 0 Å². The van der Waals surface area contributed by atoms with Gasteiger partial charge >= 0.3 is 11.9 Å². The van der Waals surface area contributed by atoms with Gasteiger partial charge in [-0.05, 0) is 13.3 Å². The minimum atomic E-state index is -1.33. The van der Waals surface area contributed by atoms with Crippen LogP contribution in [-0.4, -0.2) is 66.3 Å². The van der Waals surface area contributed by atoms with Crippen molar-refractivity contribution in [2.45, 2.75) is 51.0 Å². The van der Waals surface area contributed by atoms with Gasteiger partial charge in [0.2, 0.25) is 5.91 Å². The summed E-state index contributed by atoms with van der Waals surface area (Å²) in [7, 11) is 0. The van der Waals surface area contributed by atoms with Crippen LogP contribution in [0.4, 0.5) is 0 Å². The molecule has 1 heterocycles. The second-order valence-corrected chi connectivity index (χ2v) is 5.27. The Balaban J connectivity index is 2.44. The van der Waals surface area contributed by atoms with Crippen LogP contribution in [-0.2, 0) is 28.7 Å². The Morgan fingerprint density at radius 3 is 2.46 bits per heavy atom. The molecule has 10 heteroatoms. The third kappa shape index (κ3) is 5.78. The number of rotatable bonds is 10. The van der Waals surface area contributed by atoms with Gasteiger partial charge in [0.05, 0.1) is 12.6 Å². The molecule has 5 N–H and O–H groups in total. The Kier molecular flexibility index (Phi) is 7.59. The second-order valence-electron chi connectivity index (χ2n) is 5.27. The van der Waals surface area contributed by atoms with E-state index in [-0.39, 0.29) is 13.2 Å². The van der Waals surface area contributed by atoms with Crippen LogP contribution in [0.1, 0.15) is 26.7 Å². The molecular weight excluding hydrogens is 322 g/mol. The molecule has 10 nitrogen and oxygen atoms in total. The van der Waals surface area contributed by atoms with Crippen LogP contribution in [0.2, 0.25) is 0 Å². The Labute approximate surface area is 139 Å². The number of esters is 1. The summed E-state index contributed by atoms with van der Waals surface area (Å²) in [5.74, 6) is -3.21. The van der Waals surface area contributed by atoms with Crippen LogP contribution < -0.4 is 16.4 Å². The Morgan fingerprint density at radius 1 is 1.25 bits per heavy atom. The Hall–Kier alpha value is -2.20. The molecule has 136 valence electrons. The highest BCUT2D eigenvalue weighted by atomic mass is 16.6. The Bertz CT molecular complexity index is 497. The van der Waals surface area contributed by atoms with E-state index in [0.29, 0.717) is 12.8 Å². The molecule has 1 rings (SSSR count). The average molecular weight is 345 g/mol. The van der Waals surface area contributed by atoms with Crippen molar-refractivity contribution >= 4 is 23.8 Å². The summed E-state index contributed by atoms with van der Waals surface area (Å²) in [5, 5.41) is 13.7. The molecule has 0 radical (unpaired) electrons. The highest BCUT2D eigenvalue weighted by molar-refractivity contribution is 5.93. The lowest BCUT2D eigenvalue weighted by Crippen LogP contribution is -2.53. The predicted molar refractivity (Wildman–Crippen MR) is 80.8 cm³/mol. The van der Waals surface area contributed by atoms with Gasteiger partial charge in [0.25, 0.3) is 5.91 Å². The molecule has 1 saturated heterocycles. The third-order valence-electron chi connectivity index (χ3n) is 3.30. The number of hydrogen-bond acceptors (Lipinski definition) is 7. The maximum atomic E-state index is 11.8. The van der Waals surface area contributed by atoms with E-state index in [1.165, 1.54) is 0 Å². The van der Waals surface area contributed by atoms with Crippen LogP contribution in [0.3, 0.4) is 0 Å². The van der Waals surface area contributed by atoms with E-state index in [2.05, 4.69) is 10.6 Å². The lowest BCUT2D eigenvalue weighted by atomic mass is 10.1. The molecule has 0 saturated carbocycles. The van der Waals surface area contributed by atoms with Gasteiger partial charge in [-0.15, -0.1) is 0 Å². The maximum absolute atomic E-state index is 11.8. The molecule has 24 heavy (non-hydrogen) atoms. The molecular formula is C14H23N3O7. The van der Waals surface area contributed by atoms with Crippen molar-refractivity contribution in [2.75, 3.05) is 13.2 Å². The summed E-state index contributed by atoms with van der Waals surface area (Å²) < 4.78 is 9.60. The monoisotopic (exact) mass is 345 g/mol. The fraction of sp³-hybridized carbons (Fsp3) is 0.714. The zero-order valence-corrected chi connectivity index (χ0v) is 13.6. The lowest BCUT2D eigenvalue weighted by Gasteiger charge is -2.17. The quantitative estimate of drug-likeness (QED) is 0.264. The average Bonchev–Trinajstić information content (AvgIpc) is 3.31. The van der Waals surface area contributed by atoms with E-state index in [4.69, 9.17) is 20.3 Å². The van der Waals surface area contributed by atoms with E-state index in [9.17, 15) is 19.2 Å². The van der Waals surface area contributed by atoms with Crippen molar-refractivity contribution in [1.82, 2.24) is 10.6 Å². The van der Waals surface area contributed by atoms with Gasteiger partial charge in [-0.3, -0.25) is 9.59 Å². The van der Waals surface area contributed by atoms with Gasteiger partial charge in [0, 0.05) is 6.54 Å². The zero-order chi connectivity index (χ0) is 18.3. The minimum absolute atomic E-state index is 0.165. The minimum Gasteiger partial charge on any atom is -0.480 e. The summed E-state index contributed by atoms with van der Waals surface area (Å²) in [6, 6.07) is -2.14. The van der Waals surface area contributed by atoms with Crippen LogP contribution in [0.25, 0.3) is 0 Å². The molecule has 1 aliphatic rings. The number of hydrogen-bond donors (Lipinski definition) is 4. The normalized spacial score (nSPS) is 21.3. The number of epoxide rings is 1. The summed E-state index contributed by atoms with van der Waals surface area (Å²) in [6.45, 7) is 3.28. The molecule has 2 amide bonds. The first kappa shape index (κ1) is 19.8. The van der Waals surface area contributed by atoms with Gasteiger partial charge in [0.1, 0.15) is 6.04 Å². The summed E-state index contributed by atoms with van der Waals surface area (Å²) >= 11 is 0. The standard InChI is InChI=1S/C14H23N3O7/c1-3-5-7(15)11(18)17-8(13(20)21)6-16-12(19)9-10(24-9)14(22)23-4-2/h7-10H,3-6,15H2,1-2H3,(H,16,19)(H,17,18)(H,20,21)/t7-,8-,9+,10+/m0/s1. The first-order valence-electron chi connectivity index (χ1n) is 7.70. The molecule has 0 spiro atoms. The van der Waals surface area contributed by atoms with Crippen LogP contribution in [0, 0.1) is 0 Å². The number of carboxylic acids is 1. The molecule has 0 aromatic carbocycles. The number of nitrogens with two attached hydrogens (primary N) is 1. The van der Waals surface area contributed by atoms with Crippen molar-refractivity contribution in [3.05, 3.63) is 0 Å². The summed E-state index contributed by atoms with van der Waals surface area (Å²) in [4.78, 5) is 46.1. The highest BCUT2D eigenvalue weighted by Crippen LogP contribution is 2.23. The van der Waals surface area contributed by atoms with Crippen molar-refractivity contribution < 1.29 is 33.8 Å². The van der Waals surface area contributed by atoms with E-state index < -0.39 is 48.0 Å². The number of aliphatic carboxylic acids is 1. The van der Waals surface area contributed by atoms with Crippen molar-refractivity contribution in [3.8, 4) is 0 Å². The fourth-order valence-electron chi connectivity index (χ4n) is 1.94. The van der Waals surface area contributed by atoms with Gasteiger partial charge in [-0.2, -0.15) is 0 Å². The Morgan fingerprint density at radius 2 is 1.92 bits per heavy atom. The maximum Gasteiger partial charge on any atom is 0.338 e. The number of amides is 2. The van der Waals surface area contributed by atoms with E-state index in [0.717, 1.165) is 0 Å². The first-order valence-corrected chi connectivity index (χ1v) is 7.70. The molecule has 4 atom stereocenters. The smallest absolute Gasteiger partial charge is 0.338 e. The molecule has 0 bridgehead atoms. The number of carbonyl (C=O) groups excluding carboxylic acids is 3. The van der Waals surface area contributed by atoms with Crippen LogP contribution in [0.5, 0.6) is 0 Å². The van der Waals surface area contributed by atoms with Crippen molar-refractivity contribution in [3.63, 3.8) is 0 Å². The topological polar surface area (TPSA) is 160 Å². The lowest BCUT2D eigenvalue weighted by molar-refractivity contribution is -0.145. The summed E-state index contributed by atoms with van der Waals surface area (Å²) in [5.41, 5.74) is 5.61. The van der Waals surface area contributed by atoms with Crippen LogP contribution in [0.15, 0.2) is 0 Å². The van der Waals surface area contributed by atoms with Crippen molar-refractivity contribution in [1.29, 1.82) is 0 Å². The third-order valence-corrected chi connectivity index (χ3v) is 3.30. The fourth-order valence-corrected chi connectivity index (χ4v) is 1.94. The zero-order valence-electron chi connectivity index (χ0n) is 13.6. The van der Waals surface area contributed by atoms with E-state index in [1.54, 1.807) is 6.92 Å². The van der Waals surface area contributed by atoms with Gasteiger partial charge in [0.15, 0.2) is 12.2 Å². The van der Waals surface area contributed by atoms with Gasteiger partial charge < -0.3 is 30.9 Å². The van der Waals surface area contributed by atoms with E-state index >= 15 is 0 Å². The molecule has 0 unspecified atom stereocenters. The second kappa shape index (κ2) is 9.18. The van der Waals surface area contributed by atoms with Gasteiger partial charge in [-0.1, -0.05) is 13.3 Å². The number of carboxylic acid groups (broad SMARTS) is 1. The molecule has 0 aliphatic carbocycles. The molecule has 0 aromatic rings. The van der Waals surface area contributed by atoms with Crippen molar-refractivity contribution in [2.24, 2.45) is 5.73 Å². The van der Waals surface area contributed by atoms with E-state index in [1.807, 2.05) is 6.92 Å². The molecule has 1 aliphatic heterocycles. The number of ether oxygens (including phenoxy) is 2. The summed E-state index contributed by atoms with van der Waals surface area (Å²) in [6.07, 6.45) is -0.878. The largest absolute Gasteiger partial charge is 0.480 e. The predicted octanol–water partition coefficient (Wildman–Crippen LogP) is -1.87. The number of carbonyl (C=O) groups is 4. The molecule has 1 fully saturated rings. The first-order chi connectivity index (χ1) is 11.3. The highest BCUT2D eigenvalue weighted by Gasteiger charge is 2.51.